The fourth-order valence-electron chi connectivity index (χ4n) is 0.900. The zero-order valence-electron chi connectivity index (χ0n) is 7.65. The Balaban J connectivity index is 3.09. The van der Waals surface area contributed by atoms with Crippen molar-refractivity contribution in [1.29, 1.82) is 0 Å². The Morgan fingerprint density at radius 3 is 3.14 bits per heavy atom. The maximum Gasteiger partial charge on any atom is 0.357 e. The summed E-state index contributed by atoms with van der Waals surface area (Å²) in [6.07, 6.45) is 1.48. The highest BCUT2D eigenvalue weighted by Crippen LogP contribution is 2.04. The molecule has 0 saturated carbocycles. The minimum Gasteiger partial charge on any atom is -0.464 e. The predicted molar refractivity (Wildman–Crippen MR) is 49.5 cm³/mol. The average molecular weight is 191 g/mol. The number of hydrogen-bond donors (Lipinski definition) is 1. The van der Waals surface area contributed by atoms with Crippen molar-refractivity contribution in [3.8, 4) is 11.8 Å². The number of hydrogen-bond acceptors (Lipinski definition) is 4. The summed E-state index contributed by atoms with van der Waals surface area (Å²) in [5.41, 5.74) is 0.615. The van der Waals surface area contributed by atoms with Gasteiger partial charge < -0.3 is 9.84 Å². The molecule has 0 aliphatic rings. The second kappa shape index (κ2) is 5.00. The van der Waals surface area contributed by atoms with Gasteiger partial charge in [-0.1, -0.05) is 11.8 Å². The van der Waals surface area contributed by atoms with E-state index in [9.17, 15) is 4.79 Å². The highest BCUT2D eigenvalue weighted by atomic mass is 16.5. The van der Waals surface area contributed by atoms with Gasteiger partial charge in [-0.2, -0.15) is 0 Å². The number of carbonyl (C=O) groups excluding carboxylic acids is 1. The first-order chi connectivity index (χ1) is 6.79. The molecule has 0 spiro atoms. The summed E-state index contributed by atoms with van der Waals surface area (Å²) in [7, 11) is 1.28. The molecule has 1 heterocycles. The van der Waals surface area contributed by atoms with Crippen molar-refractivity contribution in [2.45, 2.75) is 0 Å². The van der Waals surface area contributed by atoms with Crippen molar-refractivity contribution < 1.29 is 14.6 Å². The molecule has 0 amide bonds. The van der Waals surface area contributed by atoms with Crippen LogP contribution in [0.25, 0.3) is 0 Å². The van der Waals surface area contributed by atoms with E-state index in [1.165, 1.54) is 13.3 Å². The van der Waals surface area contributed by atoms with Gasteiger partial charge in [-0.05, 0) is 12.1 Å². The lowest BCUT2D eigenvalue weighted by Gasteiger charge is -1.99. The highest BCUT2D eigenvalue weighted by Gasteiger charge is 2.10. The number of methoxy groups -OCH3 is 1. The fraction of sp³-hybridized carbons (Fsp3) is 0.200. The Labute approximate surface area is 81.5 Å². The summed E-state index contributed by atoms with van der Waals surface area (Å²) < 4.78 is 4.53. The van der Waals surface area contributed by atoms with Crippen LogP contribution in [0.15, 0.2) is 18.3 Å². The molecule has 1 aromatic rings. The molecular weight excluding hydrogens is 182 g/mol. The van der Waals surface area contributed by atoms with Gasteiger partial charge in [-0.3, -0.25) is 0 Å². The minimum absolute atomic E-state index is 0.163. The molecule has 0 atom stereocenters. The van der Waals surface area contributed by atoms with Crippen LogP contribution in [-0.2, 0) is 4.74 Å². The summed E-state index contributed by atoms with van der Waals surface area (Å²) >= 11 is 0. The van der Waals surface area contributed by atoms with E-state index in [2.05, 4.69) is 21.6 Å². The van der Waals surface area contributed by atoms with E-state index in [-0.39, 0.29) is 12.3 Å². The van der Waals surface area contributed by atoms with Crippen LogP contribution in [0.2, 0.25) is 0 Å². The number of aliphatic hydroxyl groups is 1. The van der Waals surface area contributed by atoms with E-state index in [0.717, 1.165) is 0 Å². The predicted octanol–water partition coefficient (Wildman–Crippen LogP) is 0.212. The van der Waals surface area contributed by atoms with Crippen LogP contribution >= 0.6 is 0 Å². The molecule has 1 N–H and O–H groups in total. The molecule has 0 aliphatic heterocycles. The molecule has 0 aliphatic carbocycles. The molecule has 1 rings (SSSR count). The van der Waals surface area contributed by atoms with Gasteiger partial charge in [0.15, 0.2) is 5.69 Å². The van der Waals surface area contributed by atoms with Gasteiger partial charge in [0.05, 0.1) is 12.7 Å². The third kappa shape index (κ3) is 2.31. The van der Waals surface area contributed by atoms with Crippen molar-refractivity contribution >= 4 is 5.97 Å². The number of nitrogens with zero attached hydrogens (tertiary/aromatic N) is 1. The molecule has 0 unspecified atom stereocenters. The molecule has 4 heteroatoms. The van der Waals surface area contributed by atoms with Crippen LogP contribution in [0.4, 0.5) is 0 Å². The Bertz CT molecular complexity index is 390. The van der Waals surface area contributed by atoms with E-state index in [4.69, 9.17) is 5.11 Å². The number of carbonyl (C=O) groups is 1. The van der Waals surface area contributed by atoms with Crippen LogP contribution in [0, 0.1) is 11.8 Å². The van der Waals surface area contributed by atoms with E-state index < -0.39 is 5.97 Å². The van der Waals surface area contributed by atoms with Crippen molar-refractivity contribution in [3.05, 3.63) is 29.6 Å². The van der Waals surface area contributed by atoms with E-state index in [1.807, 2.05) is 0 Å². The summed E-state index contributed by atoms with van der Waals surface area (Å²) in [5, 5.41) is 8.50. The topological polar surface area (TPSA) is 59.4 Å². The number of rotatable bonds is 1. The number of esters is 1. The van der Waals surface area contributed by atoms with Crippen molar-refractivity contribution in [2.24, 2.45) is 0 Å². The molecule has 0 saturated heterocycles. The maximum atomic E-state index is 11.2. The lowest BCUT2D eigenvalue weighted by atomic mass is 10.2. The standard InChI is InChI=1S/C10H9NO3/c1-14-10(13)9-8(5-3-7-12)4-2-6-11-9/h2,4,6,12H,7H2,1H3. The SMILES string of the molecule is COC(=O)c1ncccc1C#CCO. The zero-order valence-corrected chi connectivity index (χ0v) is 7.65. The van der Waals surface area contributed by atoms with E-state index in [0.29, 0.717) is 5.56 Å². The molecule has 0 aromatic carbocycles. The molecule has 14 heavy (non-hydrogen) atoms. The van der Waals surface area contributed by atoms with Crippen LogP contribution in [0.5, 0.6) is 0 Å². The maximum absolute atomic E-state index is 11.2. The Hall–Kier alpha value is -1.86. The number of aliphatic hydroxyl groups excluding tert-OH is 1. The van der Waals surface area contributed by atoms with E-state index >= 15 is 0 Å². The van der Waals surface area contributed by atoms with Gasteiger partial charge >= 0.3 is 5.97 Å². The molecule has 0 bridgehead atoms. The van der Waals surface area contributed by atoms with Gasteiger partial charge in [-0.25, -0.2) is 9.78 Å². The van der Waals surface area contributed by atoms with Gasteiger partial charge in [0, 0.05) is 6.20 Å². The van der Waals surface area contributed by atoms with Crippen molar-refractivity contribution in [3.63, 3.8) is 0 Å². The summed E-state index contributed by atoms with van der Waals surface area (Å²) in [5.74, 6) is 4.52. The zero-order chi connectivity index (χ0) is 10.4. The number of aromatic nitrogens is 1. The van der Waals surface area contributed by atoms with Gasteiger partial charge in [0.25, 0.3) is 0 Å². The van der Waals surface area contributed by atoms with Crippen molar-refractivity contribution in [2.75, 3.05) is 13.7 Å². The third-order valence-corrected chi connectivity index (χ3v) is 1.49. The second-order valence-corrected chi connectivity index (χ2v) is 2.35. The average Bonchev–Trinajstić information content (AvgIpc) is 2.25. The Morgan fingerprint density at radius 2 is 2.50 bits per heavy atom. The molecule has 0 radical (unpaired) electrons. The fourth-order valence-corrected chi connectivity index (χ4v) is 0.900. The van der Waals surface area contributed by atoms with Gasteiger partial charge in [0.1, 0.15) is 6.61 Å². The largest absolute Gasteiger partial charge is 0.464 e. The first-order valence-electron chi connectivity index (χ1n) is 3.92. The minimum atomic E-state index is -0.534. The first kappa shape index (κ1) is 10.2. The quantitative estimate of drug-likeness (QED) is 0.509. The van der Waals surface area contributed by atoms with Crippen molar-refractivity contribution in [1.82, 2.24) is 4.98 Å². The summed E-state index contributed by atoms with van der Waals surface area (Å²) in [6.45, 7) is -0.254. The lowest BCUT2D eigenvalue weighted by Crippen LogP contribution is -2.06. The van der Waals surface area contributed by atoms with Gasteiger partial charge in [-0.15, -0.1) is 0 Å². The van der Waals surface area contributed by atoms with E-state index in [1.54, 1.807) is 12.1 Å². The second-order valence-electron chi connectivity index (χ2n) is 2.35. The van der Waals surface area contributed by atoms with Gasteiger partial charge in [0.2, 0.25) is 0 Å². The molecule has 1 aromatic heterocycles. The smallest absolute Gasteiger partial charge is 0.357 e. The monoisotopic (exact) mass is 191 g/mol. The van der Waals surface area contributed by atoms with Crippen LogP contribution in [0.1, 0.15) is 16.1 Å². The van der Waals surface area contributed by atoms with Crippen LogP contribution < -0.4 is 0 Å². The molecule has 0 fully saturated rings. The van der Waals surface area contributed by atoms with Crippen LogP contribution in [0.3, 0.4) is 0 Å². The highest BCUT2D eigenvalue weighted by molar-refractivity contribution is 5.89. The Morgan fingerprint density at radius 1 is 1.71 bits per heavy atom. The first-order valence-corrected chi connectivity index (χ1v) is 3.92. The lowest BCUT2D eigenvalue weighted by molar-refractivity contribution is 0.0593. The molecule has 72 valence electrons. The Kier molecular flexibility index (Phi) is 3.65. The normalized spacial score (nSPS) is 8.71. The molecular formula is C10H9NO3. The summed E-state index contributed by atoms with van der Waals surface area (Å²) in [6, 6.07) is 3.30. The number of pyridine rings is 1. The number of ether oxygens (including phenoxy) is 1. The van der Waals surface area contributed by atoms with Crippen LogP contribution in [-0.4, -0.2) is 29.8 Å². The third-order valence-electron chi connectivity index (χ3n) is 1.49. The summed E-state index contributed by atoms with van der Waals surface area (Å²) in [4.78, 5) is 15.0. The molecule has 4 nitrogen and oxygen atoms in total.